The maximum atomic E-state index is 9.36. The van der Waals surface area contributed by atoms with E-state index in [4.69, 9.17) is 4.74 Å². The summed E-state index contributed by atoms with van der Waals surface area (Å²) in [5, 5.41) is 13.0. The number of hydrogen-bond acceptors (Lipinski definition) is 3. The largest absolute Gasteiger partial charge is 0.394 e. The number of hydrogen-bond donors (Lipinski definition) is 2. The van der Waals surface area contributed by atoms with Crippen molar-refractivity contribution in [2.75, 3.05) is 6.61 Å². The molecule has 2 fully saturated rings. The van der Waals surface area contributed by atoms with Gasteiger partial charge in [-0.25, -0.2) is 0 Å². The van der Waals surface area contributed by atoms with Gasteiger partial charge in [0.2, 0.25) is 0 Å². The summed E-state index contributed by atoms with van der Waals surface area (Å²) in [4.78, 5) is 0. The molecule has 2 saturated carbocycles. The first-order valence-corrected chi connectivity index (χ1v) is 6.49. The minimum Gasteiger partial charge on any atom is -0.394 e. The first-order valence-electron chi connectivity index (χ1n) is 6.49. The summed E-state index contributed by atoms with van der Waals surface area (Å²) in [7, 11) is 0. The SMILES string of the molecule is CC(C)(C)OC1CC(NC2(CO)CCC2)C1. The standard InChI is InChI=1S/C13H25NO2/c1-12(2,3)16-11-7-10(8-11)14-13(9-15)5-4-6-13/h10-11,14-15H,4-9H2,1-3H3. The fourth-order valence-electron chi connectivity index (χ4n) is 2.66. The van der Waals surface area contributed by atoms with Crippen LogP contribution in [0.5, 0.6) is 0 Å². The number of nitrogens with one attached hydrogen (secondary N) is 1. The molecule has 2 N–H and O–H groups in total. The highest BCUT2D eigenvalue weighted by Crippen LogP contribution is 2.36. The smallest absolute Gasteiger partial charge is 0.0613 e. The van der Waals surface area contributed by atoms with Crippen LogP contribution < -0.4 is 5.32 Å². The Labute approximate surface area is 98.6 Å². The fraction of sp³-hybridized carbons (Fsp3) is 1.00. The van der Waals surface area contributed by atoms with Gasteiger partial charge in [0.1, 0.15) is 0 Å². The van der Waals surface area contributed by atoms with Crippen LogP contribution in [-0.2, 0) is 4.74 Å². The quantitative estimate of drug-likeness (QED) is 0.770. The Morgan fingerprint density at radius 3 is 2.31 bits per heavy atom. The Balaban J connectivity index is 1.69. The fourth-order valence-corrected chi connectivity index (χ4v) is 2.66. The van der Waals surface area contributed by atoms with Crippen molar-refractivity contribution in [3.8, 4) is 0 Å². The monoisotopic (exact) mass is 227 g/mol. The van der Waals surface area contributed by atoms with Crippen LogP contribution in [0.25, 0.3) is 0 Å². The summed E-state index contributed by atoms with van der Waals surface area (Å²) >= 11 is 0. The highest BCUT2D eigenvalue weighted by Gasteiger charge is 2.42. The van der Waals surface area contributed by atoms with E-state index in [1.54, 1.807) is 0 Å². The summed E-state index contributed by atoms with van der Waals surface area (Å²) in [6, 6.07) is 0.555. The van der Waals surface area contributed by atoms with Crippen molar-refractivity contribution in [2.45, 2.75) is 76.2 Å². The minimum atomic E-state index is -0.0270. The van der Waals surface area contributed by atoms with Gasteiger partial charge in [-0.05, 0) is 52.9 Å². The van der Waals surface area contributed by atoms with Gasteiger partial charge in [-0.15, -0.1) is 0 Å². The maximum absolute atomic E-state index is 9.36. The molecule has 0 aromatic heterocycles. The second-order valence-electron chi connectivity index (χ2n) is 6.46. The zero-order valence-electron chi connectivity index (χ0n) is 10.8. The first kappa shape index (κ1) is 12.3. The van der Waals surface area contributed by atoms with Crippen LogP contribution in [0.15, 0.2) is 0 Å². The van der Waals surface area contributed by atoms with E-state index >= 15 is 0 Å². The van der Waals surface area contributed by atoms with Gasteiger partial charge in [0.25, 0.3) is 0 Å². The third kappa shape index (κ3) is 2.76. The molecule has 2 aliphatic carbocycles. The highest BCUT2D eigenvalue weighted by molar-refractivity contribution is 5.01. The third-order valence-corrected chi connectivity index (χ3v) is 3.74. The van der Waals surface area contributed by atoms with Crippen molar-refractivity contribution in [1.29, 1.82) is 0 Å². The molecule has 2 aliphatic rings. The van der Waals surface area contributed by atoms with Crippen LogP contribution in [0.4, 0.5) is 0 Å². The number of aliphatic hydroxyl groups excluding tert-OH is 1. The molecule has 0 aromatic rings. The zero-order chi connectivity index (χ0) is 11.8. The first-order chi connectivity index (χ1) is 7.42. The van der Waals surface area contributed by atoms with E-state index in [-0.39, 0.29) is 17.7 Å². The van der Waals surface area contributed by atoms with Crippen LogP contribution in [0.3, 0.4) is 0 Å². The second-order valence-corrected chi connectivity index (χ2v) is 6.46. The van der Waals surface area contributed by atoms with Gasteiger partial charge in [0.05, 0.1) is 18.3 Å². The van der Waals surface area contributed by atoms with Gasteiger partial charge < -0.3 is 15.2 Å². The molecule has 0 aromatic carbocycles. The normalized spacial score (nSPS) is 33.0. The topological polar surface area (TPSA) is 41.5 Å². The van der Waals surface area contributed by atoms with E-state index in [9.17, 15) is 5.11 Å². The van der Waals surface area contributed by atoms with Gasteiger partial charge in [0, 0.05) is 11.6 Å². The molecular weight excluding hydrogens is 202 g/mol. The van der Waals surface area contributed by atoms with E-state index in [2.05, 4.69) is 26.1 Å². The van der Waals surface area contributed by atoms with Crippen molar-refractivity contribution < 1.29 is 9.84 Å². The lowest BCUT2D eigenvalue weighted by Crippen LogP contribution is -2.61. The van der Waals surface area contributed by atoms with E-state index in [0.717, 1.165) is 25.7 Å². The van der Waals surface area contributed by atoms with Crippen molar-refractivity contribution in [3.63, 3.8) is 0 Å². The maximum Gasteiger partial charge on any atom is 0.0613 e. The van der Waals surface area contributed by atoms with E-state index in [1.807, 2.05) is 0 Å². The lowest BCUT2D eigenvalue weighted by Gasteiger charge is -2.48. The molecule has 2 rings (SSSR count). The summed E-state index contributed by atoms with van der Waals surface area (Å²) in [6.07, 6.45) is 6.11. The molecule has 0 unspecified atom stereocenters. The molecule has 16 heavy (non-hydrogen) atoms. The summed E-state index contributed by atoms with van der Waals surface area (Å²) in [5.41, 5.74) is 0.0259. The Hall–Kier alpha value is -0.120. The van der Waals surface area contributed by atoms with Gasteiger partial charge in [-0.1, -0.05) is 0 Å². The van der Waals surface area contributed by atoms with Gasteiger partial charge in [-0.2, -0.15) is 0 Å². The van der Waals surface area contributed by atoms with E-state index < -0.39 is 0 Å². The molecule has 3 heteroatoms. The van der Waals surface area contributed by atoms with Gasteiger partial charge in [-0.3, -0.25) is 0 Å². The second kappa shape index (κ2) is 4.28. The van der Waals surface area contributed by atoms with Crippen LogP contribution in [0.2, 0.25) is 0 Å². The van der Waals surface area contributed by atoms with Gasteiger partial charge >= 0.3 is 0 Å². The predicted molar refractivity (Wildman–Crippen MR) is 64.5 cm³/mol. The predicted octanol–water partition coefficient (Wildman–Crippen LogP) is 1.84. The molecule has 0 atom stereocenters. The number of aliphatic hydroxyl groups is 1. The average Bonchev–Trinajstić information content (AvgIpc) is 2.04. The van der Waals surface area contributed by atoms with Crippen molar-refractivity contribution in [2.24, 2.45) is 0 Å². The lowest BCUT2D eigenvalue weighted by atomic mass is 9.75. The Bertz CT molecular complexity index is 231. The molecular formula is C13H25NO2. The van der Waals surface area contributed by atoms with Crippen LogP contribution >= 0.6 is 0 Å². The average molecular weight is 227 g/mol. The van der Waals surface area contributed by atoms with Crippen molar-refractivity contribution in [1.82, 2.24) is 5.32 Å². The number of ether oxygens (including phenoxy) is 1. The summed E-state index contributed by atoms with van der Waals surface area (Å²) in [6.45, 7) is 6.60. The zero-order valence-corrected chi connectivity index (χ0v) is 10.8. The number of rotatable bonds is 4. The lowest BCUT2D eigenvalue weighted by molar-refractivity contribution is -0.109. The Morgan fingerprint density at radius 2 is 1.94 bits per heavy atom. The summed E-state index contributed by atoms with van der Waals surface area (Å²) < 4.78 is 5.90. The molecule has 0 spiro atoms. The highest BCUT2D eigenvalue weighted by atomic mass is 16.5. The van der Waals surface area contributed by atoms with Crippen LogP contribution in [0, 0.1) is 0 Å². The molecule has 0 radical (unpaired) electrons. The molecule has 0 aliphatic heterocycles. The molecule has 0 heterocycles. The molecule has 0 amide bonds. The van der Waals surface area contributed by atoms with Crippen molar-refractivity contribution in [3.05, 3.63) is 0 Å². The van der Waals surface area contributed by atoms with E-state index in [1.165, 1.54) is 6.42 Å². The van der Waals surface area contributed by atoms with Crippen LogP contribution in [0.1, 0.15) is 52.9 Å². The van der Waals surface area contributed by atoms with E-state index in [0.29, 0.717) is 12.1 Å². The molecule has 0 bridgehead atoms. The molecule has 0 saturated heterocycles. The van der Waals surface area contributed by atoms with Gasteiger partial charge in [0.15, 0.2) is 0 Å². The third-order valence-electron chi connectivity index (χ3n) is 3.74. The molecule has 94 valence electrons. The van der Waals surface area contributed by atoms with Crippen LogP contribution in [-0.4, -0.2) is 35.0 Å². The minimum absolute atomic E-state index is 0.0270. The summed E-state index contributed by atoms with van der Waals surface area (Å²) in [5.74, 6) is 0. The molecule has 3 nitrogen and oxygen atoms in total. The Kier molecular flexibility index (Phi) is 3.30. The Morgan fingerprint density at radius 1 is 1.31 bits per heavy atom. The van der Waals surface area contributed by atoms with Crippen molar-refractivity contribution >= 4 is 0 Å².